The monoisotopic (exact) mass is 377 g/mol. The summed E-state index contributed by atoms with van der Waals surface area (Å²) in [6, 6.07) is 9.40. The van der Waals surface area contributed by atoms with Crippen LogP contribution in [0.5, 0.6) is 0 Å². The van der Waals surface area contributed by atoms with Gasteiger partial charge in [0.25, 0.3) is 5.91 Å². The average Bonchev–Trinajstić information content (AvgIpc) is 3.10. The molecular weight excluding hydrogens is 361 g/mol. The Morgan fingerprint density at radius 3 is 2.76 bits per heavy atom. The quantitative estimate of drug-likeness (QED) is 0.730. The number of aryl methyl sites for hydroxylation is 2. The van der Waals surface area contributed by atoms with Crippen molar-refractivity contribution in [2.75, 3.05) is 5.32 Å². The molecule has 25 heavy (non-hydrogen) atoms. The summed E-state index contributed by atoms with van der Waals surface area (Å²) in [7, 11) is 0. The van der Waals surface area contributed by atoms with Crippen LogP contribution in [0.1, 0.15) is 28.7 Å². The zero-order valence-electron chi connectivity index (χ0n) is 13.8. The highest BCUT2D eigenvalue weighted by Crippen LogP contribution is 2.18. The van der Waals surface area contributed by atoms with Crippen molar-refractivity contribution in [2.45, 2.75) is 26.9 Å². The van der Waals surface area contributed by atoms with E-state index in [1.165, 1.54) is 6.20 Å². The lowest BCUT2D eigenvalue weighted by Gasteiger charge is -2.06. The number of carbonyl (C=O) groups excluding carboxylic acids is 1. The number of rotatable bonds is 5. The lowest BCUT2D eigenvalue weighted by Crippen LogP contribution is -2.18. The SMILES string of the molecule is CCn1ncc(Cl)c1C(=O)Nc1cc(C)n(Cc2cccc(Cl)c2)n1. The molecule has 0 fully saturated rings. The molecule has 0 unspecified atom stereocenters. The van der Waals surface area contributed by atoms with Gasteiger partial charge >= 0.3 is 0 Å². The molecule has 3 rings (SSSR count). The average molecular weight is 378 g/mol. The van der Waals surface area contributed by atoms with Gasteiger partial charge in [-0.25, -0.2) is 0 Å². The van der Waals surface area contributed by atoms with E-state index in [0.29, 0.717) is 34.6 Å². The first kappa shape index (κ1) is 17.5. The summed E-state index contributed by atoms with van der Waals surface area (Å²) in [4.78, 5) is 12.5. The summed E-state index contributed by atoms with van der Waals surface area (Å²) in [6.07, 6.45) is 1.46. The molecule has 0 bridgehead atoms. The Bertz CT molecular complexity index is 916. The molecule has 0 atom stereocenters. The first-order chi connectivity index (χ1) is 12.0. The highest BCUT2D eigenvalue weighted by molar-refractivity contribution is 6.34. The highest BCUT2D eigenvalue weighted by atomic mass is 35.5. The van der Waals surface area contributed by atoms with Crippen LogP contribution in [0.2, 0.25) is 10.0 Å². The summed E-state index contributed by atoms with van der Waals surface area (Å²) in [5.41, 5.74) is 2.28. The number of anilines is 1. The van der Waals surface area contributed by atoms with Crippen LogP contribution in [-0.4, -0.2) is 25.5 Å². The zero-order valence-corrected chi connectivity index (χ0v) is 15.3. The van der Waals surface area contributed by atoms with Gasteiger partial charge in [0.1, 0.15) is 5.69 Å². The van der Waals surface area contributed by atoms with Crippen LogP contribution in [0.15, 0.2) is 36.5 Å². The first-order valence-electron chi connectivity index (χ1n) is 7.79. The summed E-state index contributed by atoms with van der Waals surface area (Å²) in [5.74, 6) is 0.126. The summed E-state index contributed by atoms with van der Waals surface area (Å²) < 4.78 is 3.35. The Labute approximate surface area is 155 Å². The number of carbonyl (C=O) groups is 1. The van der Waals surface area contributed by atoms with Crippen molar-refractivity contribution >= 4 is 34.9 Å². The van der Waals surface area contributed by atoms with Crippen molar-refractivity contribution in [3.63, 3.8) is 0 Å². The molecule has 0 aliphatic carbocycles. The predicted octanol–water partition coefficient (Wildman–Crippen LogP) is 4.02. The van der Waals surface area contributed by atoms with Gasteiger partial charge in [-0.05, 0) is 31.5 Å². The van der Waals surface area contributed by atoms with Crippen molar-refractivity contribution in [3.8, 4) is 0 Å². The molecule has 0 saturated heterocycles. The van der Waals surface area contributed by atoms with Crippen LogP contribution in [-0.2, 0) is 13.1 Å². The van der Waals surface area contributed by atoms with E-state index in [-0.39, 0.29) is 5.91 Å². The number of nitrogens with zero attached hydrogens (tertiary/aromatic N) is 4. The van der Waals surface area contributed by atoms with Gasteiger partial charge in [0, 0.05) is 23.3 Å². The third-order valence-electron chi connectivity index (χ3n) is 3.75. The van der Waals surface area contributed by atoms with E-state index >= 15 is 0 Å². The van der Waals surface area contributed by atoms with Crippen molar-refractivity contribution in [3.05, 3.63) is 63.5 Å². The third-order valence-corrected chi connectivity index (χ3v) is 4.27. The van der Waals surface area contributed by atoms with Gasteiger partial charge in [-0.2, -0.15) is 10.2 Å². The fourth-order valence-corrected chi connectivity index (χ4v) is 2.98. The molecule has 1 N–H and O–H groups in total. The molecule has 8 heteroatoms. The number of aromatic nitrogens is 4. The van der Waals surface area contributed by atoms with Gasteiger partial charge in [0.2, 0.25) is 0 Å². The fraction of sp³-hybridized carbons (Fsp3) is 0.235. The van der Waals surface area contributed by atoms with Crippen molar-refractivity contribution in [1.82, 2.24) is 19.6 Å². The normalized spacial score (nSPS) is 10.9. The van der Waals surface area contributed by atoms with Crippen LogP contribution in [0.3, 0.4) is 0 Å². The number of hydrogen-bond donors (Lipinski definition) is 1. The molecule has 1 aromatic carbocycles. The maximum Gasteiger partial charge on any atom is 0.276 e. The molecule has 6 nitrogen and oxygen atoms in total. The van der Waals surface area contributed by atoms with E-state index in [9.17, 15) is 4.79 Å². The highest BCUT2D eigenvalue weighted by Gasteiger charge is 2.18. The number of hydrogen-bond acceptors (Lipinski definition) is 3. The lowest BCUT2D eigenvalue weighted by atomic mass is 10.2. The molecule has 0 aliphatic rings. The molecular formula is C17H17Cl2N5O. The molecule has 2 aromatic heterocycles. The minimum atomic E-state index is -0.336. The van der Waals surface area contributed by atoms with Gasteiger partial charge in [0.05, 0.1) is 17.8 Å². The van der Waals surface area contributed by atoms with Crippen molar-refractivity contribution < 1.29 is 4.79 Å². The fourth-order valence-electron chi connectivity index (χ4n) is 2.54. The van der Waals surface area contributed by atoms with Gasteiger partial charge in [-0.1, -0.05) is 35.3 Å². The van der Waals surface area contributed by atoms with Gasteiger partial charge < -0.3 is 5.32 Å². The summed E-state index contributed by atoms with van der Waals surface area (Å²) in [5, 5.41) is 12.3. The van der Waals surface area contributed by atoms with Crippen LogP contribution < -0.4 is 5.32 Å². The molecule has 2 heterocycles. The Morgan fingerprint density at radius 1 is 1.24 bits per heavy atom. The second-order valence-corrected chi connectivity index (χ2v) is 6.41. The molecule has 1 amide bonds. The summed E-state index contributed by atoms with van der Waals surface area (Å²) in [6.45, 7) is 4.94. The maximum absolute atomic E-state index is 12.5. The van der Waals surface area contributed by atoms with Crippen LogP contribution >= 0.6 is 23.2 Å². The Balaban J connectivity index is 1.78. The van der Waals surface area contributed by atoms with E-state index < -0.39 is 0 Å². The lowest BCUT2D eigenvalue weighted by molar-refractivity contribution is 0.101. The van der Waals surface area contributed by atoms with E-state index in [2.05, 4.69) is 15.5 Å². The molecule has 0 saturated carbocycles. The van der Waals surface area contributed by atoms with E-state index in [4.69, 9.17) is 23.2 Å². The Kier molecular flexibility index (Phi) is 5.11. The minimum absolute atomic E-state index is 0.314. The van der Waals surface area contributed by atoms with Gasteiger partial charge in [0.15, 0.2) is 5.82 Å². The van der Waals surface area contributed by atoms with E-state index in [1.54, 1.807) is 9.36 Å². The molecule has 3 aromatic rings. The van der Waals surface area contributed by atoms with Gasteiger partial charge in [-0.15, -0.1) is 0 Å². The Morgan fingerprint density at radius 2 is 2.04 bits per heavy atom. The minimum Gasteiger partial charge on any atom is -0.304 e. The van der Waals surface area contributed by atoms with Crippen LogP contribution in [0, 0.1) is 6.92 Å². The zero-order chi connectivity index (χ0) is 18.0. The standard InChI is InChI=1S/C17H17Cl2N5O/c1-3-23-16(14(19)9-20-23)17(25)21-15-7-11(2)24(22-15)10-12-5-4-6-13(18)8-12/h4-9H,3,10H2,1-2H3,(H,21,22,25). The third kappa shape index (κ3) is 3.86. The topological polar surface area (TPSA) is 64.7 Å². The molecule has 0 radical (unpaired) electrons. The summed E-state index contributed by atoms with van der Waals surface area (Å²) >= 11 is 12.1. The number of amides is 1. The van der Waals surface area contributed by atoms with Crippen molar-refractivity contribution in [1.29, 1.82) is 0 Å². The molecule has 130 valence electrons. The second kappa shape index (κ2) is 7.29. The molecule has 0 spiro atoms. The maximum atomic E-state index is 12.5. The Hall–Kier alpha value is -2.31. The number of benzene rings is 1. The second-order valence-electron chi connectivity index (χ2n) is 5.57. The van der Waals surface area contributed by atoms with Crippen LogP contribution in [0.4, 0.5) is 5.82 Å². The van der Waals surface area contributed by atoms with Crippen LogP contribution in [0.25, 0.3) is 0 Å². The van der Waals surface area contributed by atoms with Gasteiger partial charge in [-0.3, -0.25) is 14.2 Å². The number of nitrogens with one attached hydrogen (secondary N) is 1. The van der Waals surface area contributed by atoms with Crippen molar-refractivity contribution in [2.24, 2.45) is 0 Å². The predicted molar refractivity (Wildman–Crippen MR) is 98.4 cm³/mol. The first-order valence-corrected chi connectivity index (χ1v) is 8.55. The number of halogens is 2. The largest absolute Gasteiger partial charge is 0.304 e. The smallest absolute Gasteiger partial charge is 0.276 e. The van der Waals surface area contributed by atoms with E-state index in [0.717, 1.165) is 11.3 Å². The van der Waals surface area contributed by atoms with E-state index in [1.807, 2.05) is 44.2 Å². The molecule has 0 aliphatic heterocycles.